The number of carbonyl (C=O) groups is 1. The van der Waals surface area contributed by atoms with E-state index in [1.54, 1.807) is 6.20 Å². The van der Waals surface area contributed by atoms with Gasteiger partial charge in [-0.1, -0.05) is 6.07 Å². The molecule has 0 spiro atoms. The number of pyridine rings is 1. The van der Waals surface area contributed by atoms with Crippen molar-refractivity contribution in [2.24, 2.45) is 0 Å². The Balaban J connectivity index is 1.73. The Bertz CT molecular complexity index is 596. The SMILES string of the molecule is Cc1cnn([C@H](C)[C@@H](C)NCC(=O)NCc2ccccn2)c1. The molecule has 0 unspecified atom stereocenters. The number of nitrogens with one attached hydrogen (secondary N) is 2. The molecule has 2 heterocycles. The van der Waals surface area contributed by atoms with Gasteiger partial charge >= 0.3 is 0 Å². The molecule has 0 fully saturated rings. The average molecular weight is 301 g/mol. The second-order valence-electron chi connectivity index (χ2n) is 5.51. The highest BCUT2D eigenvalue weighted by molar-refractivity contribution is 5.77. The van der Waals surface area contributed by atoms with Crippen LogP contribution in [0.3, 0.4) is 0 Å². The molecule has 0 saturated heterocycles. The van der Waals surface area contributed by atoms with Crippen molar-refractivity contribution in [3.8, 4) is 0 Å². The monoisotopic (exact) mass is 301 g/mol. The van der Waals surface area contributed by atoms with E-state index in [0.29, 0.717) is 6.54 Å². The van der Waals surface area contributed by atoms with E-state index in [0.717, 1.165) is 11.3 Å². The molecule has 2 atom stereocenters. The van der Waals surface area contributed by atoms with E-state index in [1.807, 2.05) is 49.1 Å². The summed E-state index contributed by atoms with van der Waals surface area (Å²) in [6, 6.07) is 5.96. The zero-order valence-corrected chi connectivity index (χ0v) is 13.3. The molecule has 0 saturated carbocycles. The van der Waals surface area contributed by atoms with Gasteiger partial charge in [-0.05, 0) is 38.5 Å². The van der Waals surface area contributed by atoms with E-state index in [-0.39, 0.29) is 24.5 Å². The lowest BCUT2D eigenvalue weighted by Gasteiger charge is -2.21. The lowest BCUT2D eigenvalue weighted by atomic mass is 10.2. The van der Waals surface area contributed by atoms with Crippen LogP contribution >= 0.6 is 0 Å². The summed E-state index contributed by atoms with van der Waals surface area (Å²) in [4.78, 5) is 16.0. The average Bonchev–Trinajstić information content (AvgIpc) is 2.97. The summed E-state index contributed by atoms with van der Waals surface area (Å²) >= 11 is 0. The summed E-state index contributed by atoms with van der Waals surface area (Å²) < 4.78 is 1.92. The summed E-state index contributed by atoms with van der Waals surface area (Å²) in [5, 5.41) is 10.4. The van der Waals surface area contributed by atoms with Crippen molar-refractivity contribution in [3.05, 3.63) is 48.0 Å². The minimum absolute atomic E-state index is 0.0404. The van der Waals surface area contributed by atoms with Gasteiger partial charge in [0.25, 0.3) is 0 Å². The predicted octanol–water partition coefficient (Wildman–Crippen LogP) is 1.44. The van der Waals surface area contributed by atoms with Gasteiger partial charge in [0.05, 0.1) is 31.0 Å². The molecule has 6 heteroatoms. The smallest absolute Gasteiger partial charge is 0.234 e. The lowest BCUT2D eigenvalue weighted by Crippen LogP contribution is -2.41. The van der Waals surface area contributed by atoms with Crippen LogP contribution in [-0.4, -0.2) is 33.3 Å². The number of hydrogen-bond acceptors (Lipinski definition) is 4. The number of aromatic nitrogens is 3. The van der Waals surface area contributed by atoms with E-state index >= 15 is 0 Å². The van der Waals surface area contributed by atoms with Crippen molar-refractivity contribution >= 4 is 5.91 Å². The van der Waals surface area contributed by atoms with E-state index in [2.05, 4.69) is 27.6 Å². The fraction of sp³-hybridized carbons (Fsp3) is 0.438. The lowest BCUT2D eigenvalue weighted by molar-refractivity contribution is -0.120. The van der Waals surface area contributed by atoms with E-state index in [4.69, 9.17) is 0 Å². The van der Waals surface area contributed by atoms with Crippen molar-refractivity contribution in [3.63, 3.8) is 0 Å². The minimum Gasteiger partial charge on any atom is -0.349 e. The van der Waals surface area contributed by atoms with Crippen molar-refractivity contribution in [1.82, 2.24) is 25.4 Å². The van der Waals surface area contributed by atoms with Crippen LogP contribution in [0.1, 0.15) is 31.1 Å². The maximum Gasteiger partial charge on any atom is 0.234 e. The molecule has 0 bridgehead atoms. The topological polar surface area (TPSA) is 71.8 Å². The Labute approximate surface area is 130 Å². The molecule has 6 nitrogen and oxygen atoms in total. The first-order valence-electron chi connectivity index (χ1n) is 7.47. The van der Waals surface area contributed by atoms with Crippen LogP contribution in [0.2, 0.25) is 0 Å². The zero-order chi connectivity index (χ0) is 15.9. The van der Waals surface area contributed by atoms with Crippen LogP contribution in [0.4, 0.5) is 0 Å². The van der Waals surface area contributed by atoms with Crippen molar-refractivity contribution < 1.29 is 4.79 Å². The molecule has 2 rings (SSSR count). The van der Waals surface area contributed by atoms with E-state index < -0.39 is 0 Å². The zero-order valence-electron chi connectivity index (χ0n) is 13.3. The highest BCUT2D eigenvalue weighted by Gasteiger charge is 2.15. The number of hydrogen-bond donors (Lipinski definition) is 2. The third kappa shape index (κ3) is 4.66. The largest absolute Gasteiger partial charge is 0.349 e. The predicted molar refractivity (Wildman–Crippen MR) is 85.2 cm³/mol. The third-order valence-corrected chi connectivity index (χ3v) is 3.65. The molecule has 22 heavy (non-hydrogen) atoms. The summed E-state index contributed by atoms with van der Waals surface area (Å²) in [7, 11) is 0. The Morgan fingerprint density at radius 2 is 2.18 bits per heavy atom. The van der Waals surface area contributed by atoms with E-state index in [9.17, 15) is 4.79 Å². The van der Waals surface area contributed by atoms with Gasteiger partial charge in [-0.15, -0.1) is 0 Å². The Kier molecular flexibility index (Phi) is 5.66. The quantitative estimate of drug-likeness (QED) is 0.812. The summed E-state index contributed by atoms with van der Waals surface area (Å²) in [5.41, 5.74) is 1.98. The number of amides is 1. The molecule has 0 aliphatic carbocycles. The summed E-state index contributed by atoms with van der Waals surface area (Å²) in [5.74, 6) is -0.0404. The number of nitrogens with zero attached hydrogens (tertiary/aromatic N) is 3. The highest BCUT2D eigenvalue weighted by Crippen LogP contribution is 2.10. The van der Waals surface area contributed by atoms with Gasteiger partial charge in [-0.2, -0.15) is 5.10 Å². The standard InChI is InChI=1S/C16H23N5O/c1-12-8-20-21(11-12)14(3)13(2)18-10-16(22)19-9-15-6-4-5-7-17-15/h4-8,11,13-14,18H,9-10H2,1-3H3,(H,19,22)/t13-,14-/m1/s1. The number of carbonyl (C=O) groups excluding carboxylic acids is 1. The first kappa shape index (κ1) is 16.2. The molecule has 0 aliphatic rings. The molecule has 0 aliphatic heterocycles. The summed E-state index contributed by atoms with van der Waals surface area (Å²) in [6.07, 6.45) is 5.56. The second-order valence-corrected chi connectivity index (χ2v) is 5.51. The normalized spacial score (nSPS) is 13.6. The fourth-order valence-electron chi connectivity index (χ4n) is 2.06. The fourth-order valence-corrected chi connectivity index (χ4v) is 2.06. The van der Waals surface area contributed by atoms with Crippen LogP contribution < -0.4 is 10.6 Å². The Morgan fingerprint density at radius 3 is 2.82 bits per heavy atom. The molecule has 1 amide bonds. The highest BCUT2D eigenvalue weighted by atomic mass is 16.1. The molecular formula is C16H23N5O. The third-order valence-electron chi connectivity index (χ3n) is 3.65. The van der Waals surface area contributed by atoms with Gasteiger partial charge in [0.1, 0.15) is 0 Å². The van der Waals surface area contributed by atoms with Gasteiger partial charge < -0.3 is 10.6 Å². The maximum absolute atomic E-state index is 11.9. The van der Waals surface area contributed by atoms with Gasteiger partial charge in [-0.25, -0.2) is 0 Å². The van der Waals surface area contributed by atoms with Crippen LogP contribution in [-0.2, 0) is 11.3 Å². The Morgan fingerprint density at radius 1 is 1.36 bits per heavy atom. The summed E-state index contributed by atoms with van der Waals surface area (Å²) in [6.45, 7) is 6.87. The van der Waals surface area contributed by atoms with Crippen LogP contribution in [0, 0.1) is 6.92 Å². The van der Waals surface area contributed by atoms with Crippen molar-refractivity contribution in [2.75, 3.05) is 6.54 Å². The number of aryl methyl sites for hydroxylation is 1. The molecule has 0 radical (unpaired) electrons. The first-order valence-corrected chi connectivity index (χ1v) is 7.47. The Hall–Kier alpha value is -2.21. The second kappa shape index (κ2) is 7.70. The van der Waals surface area contributed by atoms with Gasteiger partial charge in [0.2, 0.25) is 5.91 Å². The van der Waals surface area contributed by atoms with Gasteiger partial charge in [0, 0.05) is 18.4 Å². The van der Waals surface area contributed by atoms with E-state index in [1.165, 1.54) is 0 Å². The molecule has 2 aromatic rings. The van der Waals surface area contributed by atoms with Crippen molar-refractivity contribution in [2.45, 2.75) is 39.4 Å². The molecule has 2 N–H and O–H groups in total. The van der Waals surface area contributed by atoms with Gasteiger partial charge in [-0.3, -0.25) is 14.5 Å². The molecule has 2 aromatic heterocycles. The minimum atomic E-state index is -0.0404. The first-order chi connectivity index (χ1) is 10.6. The van der Waals surface area contributed by atoms with Crippen LogP contribution in [0.15, 0.2) is 36.8 Å². The molecule has 0 aromatic carbocycles. The number of rotatable bonds is 7. The van der Waals surface area contributed by atoms with Crippen LogP contribution in [0.5, 0.6) is 0 Å². The van der Waals surface area contributed by atoms with Gasteiger partial charge in [0.15, 0.2) is 0 Å². The van der Waals surface area contributed by atoms with Crippen LogP contribution in [0.25, 0.3) is 0 Å². The van der Waals surface area contributed by atoms with Crippen molar-refractivity contribution in [1.29, 1.82) is 0 Å². The maximum atomic E-state index is 11.9. The molecule has 118 valence electrons. The molecular weight excluding hydrogens is 278 g/mol.